The van der Waals surface area contributed by atoms with Crippen LogP contribution in [0.2, 0.25) is 0 Å². The molecule has 2 aliphatic rings. The van der Waals surface area contributed by atoms with Crippen LogP contribution in [0.3, 0.4) is 0 Å². The third-order valence-electron chi connectivity index (χ3n) is 5.70. The van der Waals surface area contributed by atoms with Crippen LogP contribution in [0.25, 0.3) is 0 Å². The van der Waals surface area contributed by atoms with E-state index in [1.54, 1.807) is 4.57 Å². The number of ether oxygens (including phenoxy) is 1. The molecule has 1 amide bonds. The SMILES string of the molecule is O=C(OCc1ccccc1)N1CCCC1c1nc(=O)c(O)c2n1CCN(CC(F)(F)F)C2. The first kappa shape index (κ1) is 22.1. The van der Waals surface area contributed by atoms with Gasteiger partial charge in [-0.2, -0.15) is 18.2 Å². The van der Waals surface area contributed by atoms with Gasteiger partial charge in [-0.05, 0) is 18.4 Å². The van der Waals surface area contributed by atoms with Crippen LogP contribution in [-0.4, -0.2) is 56.4 Å². The number of aromatic nitrogens is 2. The summed E-state index contributed by atoms with van der Waals surface area (Å²) in [5.41, 5.74) is 0.00215. The third-order valence-corrected chi connectivity index (χ3v) is 5.70. The number of rotatable bonds is 4. The fraction of sp³-hybridized carbons (Fsp3) is 0.476. The maximum Gasteiger partial charge on any atom is 0.410 e. The predicted octanol–water partition coefficient (Wildman–Crippen LogP) is 2.80. The van der Waals surface area contributed by atoms with Gasteiger partial charge in [-0.25, -0.2) is 4.79 Å². The Hall–Kier alpha value is -3.08. The molecule has 3 heterocycles. The van der Waals surface area contributed by atoms with E-state index in [1.165, 1.54) is 4.90 Å². The summed E-state index contributed by atoms with van der Waals surface area (Å²) in [6.45, 7) is -0.679. The van der Waals surface area contributed by atoms with Crippen molar-refractivity contribution in [2.45, 2.75) is 44.8 Å². The van der Waals surface area contributed by atoms with Crippen LogP contribution in [0.4, 0.5) is 18.0 Å². The summed E-state index contributed by atoms with van der Waals surface area (Å²) in [5, 5.41) is 10.2. The van der Waals surface area contributed by atoms with E-state index in [2.05, 4.69) is 4.98 Å². The first-order valence-corrected chi connectivity index (χ1v) is 10.3. The minimum atomic E-state index is -4.39. The number of amides is 1. The molecule has 0 aliphatic carbocycles. The fourth-order valence-electron chi connectivity index (χ4n) is 4.25. The summed E-state index contributed by atoms with van der Waals surface area (Å²) in [6, 6.07) is 8.64. The molecule has 1 unspecified atom stereocenters. The van der Waals surface area contributed by atoms with Crippen molar-refractivity contribution < 1.29 is 27.8 Å². The van der Waals surface area contributed by atoms with Crippen LogP contribution in [0.1, 0.15) is 36.0 Å². The lowest BCUT2D eigenvalue weighted by molar-refractivity contribution is -0.148. The molecule has 11 heteroatoms. The van der Waals surface area contributed by atoms with Crippen molar-refractivity contribution in [2.24, 2.45) is 0 Å². The molecule has 2 aliphatic heterocycles. The van der Waals surface area contributed by atoms with Gasteiger partial charge in [-0.15, -0.1) is 0 Å². The molecule has 8 nitrogen and oxygen atoms in total. The number of fused-ring (bicyclic) bond motifs is 1. The number of carbonyl (C=O) groups is 1. The second kappa shape index (κ2) is 8.81. The highest BCUT2D eigenvalue weighted by Crippen LogP contribution is 2.34. The molecule has 1 saturated heterocycles. The van der Waals surface area contributed by atoms with Crippen LogP contribution in [0, 0.1) is 0 Å². The zero-order valence-electron chi connectivity index (χ0n) is 17.2. The standard InChI is InChI=1S/C21H23F3N4O4/c22-21(23,24)13-26-9-10-27-16(11-26)17(29)19(30)25-18(27)15-7-4-8-28(15)20(31)32-12-14-5-2-1-3-6-14/h1-3,5-6,15,29H,4,7-13H2. The zero-order valence-corrected chi connectivity index (χ0v) is 17.2. The van der Waals surface area contributed by atoms with Gasteiger partial charge in [0.25, 0.3) is 0 Å². The summed E-state index contributed by atoms with van der Waals surface area (Å²) in [5.74, 6) is -0.388. The van der Waals surface area contributed by atoms with E-state index in [1.807, 2.05) is 30.3 Å². The largest absolute Gasteiger partial charge is 0.502 e. The number of nitrogens with zero attached hydrogens (tertiary/aromatic N) is 4. The molecular formula is C21H23F3N4O4. The van der Waals surface area contributed by atoms with Crippen molar-refractivity contribution >= 4 is 6.09 Å². The lowest BCUT2D eigenvalue weighted by atomic mass is 10.1. The lowest BCUT2D eigenvalue weighted by Gasteiger charge is -2.34. The molecule has 2 aromatic rings. The number of carbonyl (C=O) groups excluding carboxylic acids is 1. The molecule has 0 spiro atoms. The monoisotopic (exact) mass is 452 g/mol. The fourth-order valence-corrected chi connectivity index (χ4v) is 4.25. The molecular weight excluding hydrogens is 429 g/mol. The van der Waals surface area contributed by atoms with E-state index >= 15 is 0 Å². The van der Waals surface area contributed by atoms with Gasteiger partial charge in [0, 0.05) is 26.2 Å². The molecule has 1 N–H and O–H groups in total. The van der Waals surface area contributed by atoms with Crippen molar-refractivity contribution in [3.63, 3.8) is 0 Å². The number of halogens is 3. The van der Waals surface area contributed by atoms with Gasteiger partial charge in [0.1, 0.15) is 12.4 Å². The Morgan fingerprint density at radius 1 is 1.19 bits per heavy atom. The van der Waals surface area contributed by atoms with Gasteiger partial charge in [0.2, 0.25) is 5.75 Å². The van der Waals surface area contributed by atoms with E-state index < -0.39 is 36.2 Å². The maximum atomic E-state index is 12.8. The normalized spacial score (nSPS) is 19.1. The number of aromatic hydroxyl groups is 1. The van der Waals surface area contributed by atoms with Crippen molar-refractivity contribution in [2.75, 3.05) is 19.6 Å². The number of hydrogen-bond acceptors (Lipinski definition) is 6. The van der Waals surface area contributed by atoms with Gasteiger partial charge in [-0.3, -0.25) is 14.6 Å². The lowest BCUT2D eigenvalue weighted by Crippen LogP contribution is -2.43. The first-order valence-electron chi connectivity index (χ1n) is 10.3. The number of benzene rings is 1. The minimum Gasteiger partial charge on any atom is -0.502 e. The van der Waals surface area contributed by atoms with Crippen LogP contribution >= 0.6 is 0 Å². The minimum absolute atomic E-state index is 0.0780. The zero-order chi connectivity index (χ0) is 22.9. The van der Waals surface area contributed by atoms with E-state index in [0.29, 0.717) is 19.4 Å². The van der Waals surface area contributed by atoms with Crippen LogP contribution in [0.5, 0.6) is 5.75 Å². The summed E-state index contributed by atoms with van der Waals surface area (Å²) < 4.78 is 45.4. The predicted molar refractivity (Wildman–Crippen MR) is 107 cm³/mol. The topological polar surface area (TPSA) is 87.9 Å². The Kier molecular flexibility index (Phi) is 6.09. The van der Waals surface area contributed by atoms with Gasteiger partial charge in [0.15, 0.2) is 0 Å². The van der Waals surface area contributed by atoms with Crippen LogP contribution in [0.15, 0.2) is 35.1 Å². The Morgan fingerprint density at radius 2 is 1.94 bits per heavy atom. The molecule has 1 atom stereocenters. The third kappa shape index (κ3) is 4.72. The molecule has 32 heavy (non-hydrogen) atoms. The van der Waals surface area contributed by atoms with E-state index in [-0.39, 0.29) is 37.8 Å². The Labute approximate surface area is 181 Å². The van der Waals surface area contributed by atoms with Crippen molar-refractivity contribution in [3.8, 4) is 5.75 Å². The number of alkyl halides is 3. The average Bonchev–Trinajstić information content (AvgIpc) is 3.24. The average molecular weight is 452 g/mol. The molecule has 0 bridgehead atoms. The quantitative estimate of drug-likeness (QED) is 0.768. The first-order chi connectivity index (χ1) is 15.2. The molecule has 0 saturated carbocycles. The van der Waals surface area contributed by atoms with Gasteiger partial charge < -0.3 is 14.4 Å². The highest BCUT2D eigenvalue weighted by atomic mass is 19.4. The number of likely N-dealkylation sites (tertiary alicyclic amines) is 1. The van der Waals surface area contributed by atoms with Crippen molar-refractivity contribution in [3.05, 3.63) is 57.8 Å². The second-order valence-electron chi connectivity index (χ2n) is 7.94. The molecule has 4 rings (SSSR count). The summed E-state index contributed by atoms with van der Waals surface area (Å²) >= 11 is 0. The summed E-state index contributed by atoms with van der Waals surface area (Å²) in [7, 11) is 0. The molecule has 1 aromatic carbocycles. The molecule has 172 valence electrons. The summed E-state index contributed by atoms with van der Waals surface area (Å²) in [6.07, 6.45) is -3.75. The van der Waals surface area contributed by atoms with Crippen LogP contribution in [-0.2, 0) is 24.4 Å². The Balaban J connectivity index is 1.56. The molecule has 1 aromatic heterocycles. The molecule has 0 radical (unpaired) electrons. The summed E-state index contributed by atoms with van der Waals surface area (Å²) in [4.78, 5) is 31.6. The highest BCUT2D eigenvalue weighted by molar-refractivity contribution is 5.68. The highest BCUT2D eigenvalue weighted by Gasteiger charge is 2.38. The van der Waals surface area contributed by atoms with E-state index in [9.17, 15) is 27.9 Å². The molecule has 1 fully saturated rings. The Morgan fingerprint density at radius 3 is 2.66 bits per heavy atom. The van der Waals surface area contributed by atoms with Crippen LogP contribution < -0.4 is 5.56 Å². The Bertz CT molecular complexity index is 1040. The smallest absolute Gasteiger partial charge is 0.410 e. The van der Waals surface area contributed by atoms with E-state index in [0.717, 1.165) is 10.5 Å². The maximum absolute atomic E-state index is 12.8. The van der Waals surface area contributed by atoms with Crippen molar-refractivity contribution in [1.29, 1.82) is 0 Å². The van der Waals surface area contributed by atoms with Gasteiger partial charge in [-0.1, -0.05) is 30.3 Å². The van der Waals surface area contributed by atoms with Gasteiger partial charge in [0.05, 0.1) is 18.3 Å². The van der Waals surface area contributed by atoms with Crippen molar-refractivity contribution in [1.82, 2.24) is 19.4 Å². The van der Waals surface area contributed by atoms with Gasteiger partial charge >= 0.3 is 17.8 Å². The van der Waals surface area contributed by atoms with E-state index in [4.69, 9.17) is 4.74 Å². The number of hydrogen-bond donors (Lipinski definition) is 1. The second-order valence-corrected chi connectivity index (χ2v) is 7.94.